The van der Waals surface area contributed by atoms with E-state index in [1.165, 1.54) is 12.8 Å². The van der Waals surface area contributed by atoms with Crippen LogP contribution in [0.5, 0.6) is 5.75 Å². The molecule has 1 aromatic carbocycles. The minimum absolute atomic E-state index is 0.183. The summed E-state index contributed by atoms with van der Waals surface area (Å²) in [4.78, 5) is 24.5. The van der Waals surface area contributed by atoms with E-state index in [0.29, 0.717) is 30.5 Å². The molecule has 0 amide bonds. The van der Waals surface area contributed by atoms with Crippen LogP contribution < -0.4 is 10.3 Å². The van der Waals surface area contributed by atoms with Crippen LogP contribution in [0.15, 0.2) is 29.1 Å². The van der Waals surface area contributed by atoms with Crippen LogP contribution in [0.4, 0.5) is 0 Å². The normalized spacial score (nSPS) is 17.7. The third kappa shape index (κ3) is 4.96. The third-order valence-corrected chi connectivity index (χ3v) is 6.77. The molecule has 0 aromatic heterocycles. The molecule has 0 bridgehead atoms. The molecule has 1 N–H and O–H groups in total. The van der Waals surface area contributed by atoms with E-state index in [4.69, 9.17) is 14.5 Å². The number of aromatic nitrogens is 4. The molecular weight excluding hydrogens is 418 g/mol. The maximum absolute atomic E-state index is 12.9. The molecule has 1 saturated carbocycles. The zero-order valence-electron chi connectivity index (χ0n) is 19.4. The molecule has 176 valence electrons. The summed E-state index contributed by atoms with van der Waals surface area (Å²) in [7, 11) is 0. The summed E-state index contributed by atoms with van der Waals surface area (Å²) in [5, 5.41) is 3.45. The van der Waals surface area contributed by atoms with Gasteiger partial charge in [-0.2, -0.15) is 4.98 Å². The van der Waals surface area contributed by atoms with Crippen molar-refractivity contribution >= 4 is 0 Å². The lowest BCUT2D eigenvalue weighted by atomic mass is 10.1. The average molecular weight is 452 g/mol. The number of fused-ring (bicyclic) bond motifs is 1. The lowest BCUT2D eigenvalue weighted by molar-refractivity contribution is 0.0322. The number of nitrogens with zero attached hydrogens (tertiary/aromatic N) is 4. The van der Waals surface area contributed by atoms with Crippen molar-refractivity contribution in [3.05, 3.63) is 51.7 Å². The second-order valence-corrected chi connectivity index (χ2v) is 9.02. The smallest absolute Gasteiger partial charge is 0.284 e. The van der Waals surface area contributed by atoms with Crippen molar-refractivity contribution in [2.24, 2.45) is 0 Å². The van der Waals surface area contributed by atoms with Gasteiger partial charge in [0.1, 0.15) is 23.7 Å². The van der Waals surface area contributed by atoms with Crippen LogP contribution in [0.1, 0.15) is 55.7 Å². The van der Waals surface area contributed by atoms with Gasteiger partial charge in [-0.05, 0) is 37.0 Å². The van der Waals surface area contributed by atoms with Crippen molar-refractivity contribution in [2.45, 2.75) is 51.5 Å². The maximum atomic E-state index is 12.9. The third-order valence-electron chi connectivity index (χ3n) is 6.77. The number of hydrogen-bond acceptors (Lipinski definition) is 6. The highest BCUT2D eigenvalue weighted by atomic mass is 16.5. The van der Waals surface area contributed by atoms with E-state index in [2.05, 4.69) is 26.6 Å². The van der Waals surface area contributed by atoms with E-state index in [9.17, 15) is 4.79 Å². The van der Waals surface area contributed by atoms with E-state index in [1.54, 1.807) is 0 Å². The summed E-state index contributed by atoms with van der Waals surface area (Å²) in [5.74, 6) is 2.15. The highest BCUT2D eigenvalue weighted by Gasteiger charge is 2.27. The molecule has 1 aliphatic carbocycles. The Kier molecular flexibility index (Phi) is 6.73. The van der Waals surface area contributed by atoms with Crippen LogP contribution in [0.25, 0.3) is 11.4 Å². The first kappa shape index (κ1) is 22.1. The standard InChI is InChI=1S/C25H33N5O3/c1-2-21-23-24(30(28-21)19-7-3-4-8-19)26-22(27-25(23)31)17-18-6-5-9-20(16-18)33-15-12-29-10-13-32-14-11-29/h5-6,9,16,19,28H,2-4,7-8,10-15,17H2,1H3. The fraction of sp³-hybridized carbons (Fsp3) is 0.560. The number of rotatable bonds is 8. The van der Waals surface area contributed by atoms with E-state index >= 15 is 0 Å². The van der Waals surface area contributed by atoms with Gasteiger partial charge in [0.05, 0.1) is 19.3 Å². The van der Waals surface area contributed by atoms with Gasteiger partial charge >= 0.3 is 0 Å². The van der Waals surface area contributed by atoms with Crippen LogP contribution in [-0.2, 0) is 17.6 Å². The van der Waals surface area contributed by atoms with Crippen LogP contribution in [0.3, 0.4) is 0 Å². The lowest BCUT2D eigenvalue weighted by Crippen LogP contribution is -2.38. The topological polar surface area (TPSA) is 85.3 Å². The summed E-state index contributed by atoms with van der Waals surface area (Å²) in [6, 6.07) is 8.40. The molecule has 0 unspecified atom stereocenters. The van der Waals surface area contributed by atoms with E-state index in [0.717, 1.165) is 74.9 Å². The van der Waals surface area contributed by atoms with Crippen molar-refractivity contribution in [2.75, 3.05) is 39.5 Å². The maximum Gasteiger partial charge on any atom is 0.284 e. The van der Waals surface area contributed by atoms with Crippen molar-refractivity contribution in [3.8, 4) is 17.1 Å². The minimum Gasteiger partial charge on any atom is -0.492 e. The summed E-state index contributed by atoms with van der Waals surface area (Å²) in [6.07, 6.45) is 5.96. The minimum atomic E-state index is -0.183. The number of hydrogen-bond donors (Lipinski definition) is 1. The molecule has 4 aliphatic rings. The zero-order chi connectivity index (χ0) is 22.6. The molecule has 2 fully saturated rings. The SMILES string of the molecule is CCc1[nH]n(C2CCCC2)c2nc(Cc3cccc(OCCN4CCOCC4)c3)nc(=O)c1-2. The van der Waals surface area contributed by atoms with Gasteiger partial charge in [0, 0.05) is 31.7 Å². The van der Waals surface area contributed by atoms with Gasteiger partial charge in [-0.25, -0.2) is 4.98 Å². The lowest BCUT2D eigenvalue weighted by Gasteiger charge is -2.26. The molecule has 3 heterocycles. The number of aryl methyl sites for hydroxylation is 1. The number of morpholine rings is 1. The molecule has 0 radical (unpaired) electrons. The Bertz CT molecular complexity index is 1100. The number of benzene rings is 1. The Balaban J connectivity index is 1.32. The molecule has 1 saturated heterocycles. The molecule has 1 aromatic rings. The Hall–Kier alpha value is -2.71. The number of nitrogens with one attached hydrogen (secondary N) is 1. The van der Waals surface area contributed by atoms with Crippen molar-refractivity contribution in [1.82, 2.24) is 24.6 Å². The summed E-state index contributed by atoms with van der Waals surface area (Å²) < 4.78 is 13.5. The zero-order valence-corrected chi connectivity index (χ0v) is 19.4. The van der Waals surface area contributed by atoms with Crippen LogP contribution in [-0.4, -0.2) is 64.1 Å². The summed E-state index contributed by atoms with van der Waals surface area (Å²) in [6.45, 7) is 7.10. The molecule has 0 atom stereocenters. The summed E-state index contributed by atoms with van der Waals surface area (Å²) in [5.41, 5.74) is 2.44. The second-order valence-electron chi connectivity index (χ2n) is 9.02. The van der Waals surface area contributed by atoms with E-state index < -0.39 is 0 Å². The Morgan fingerprint density at radius 1 is 1.18 bits per heavy atom. The Morgan fingerprint density at radius 2 is 2.00 bits per heavy atom. The fourth-order valence-corrected chi connectivity index (χ4v) is 4.97. The van der Waals surface area contributed by atoms with Crippen LogP contribution in [0, 0.1) is 0 Å². The first-order chi connectivity index (χ1) is 16.2. The number of ether oxygens (including phenoxy) is 2. The van der Waals surface area contributed by atoms with Crippen LogP contribution in [0.2, 0.25) is 0 Å². The first-order valence-electron chi connectivity index (χ1n) is 12.2. The highest BCUT2D eigenvalue weighted by molar-refractivity contribution is 5.59. The van der Waals surface area contributed by atoms with Gasteiger partial charge in [0.2, 0.25) is 0 Å². The number of aromatic amines is 1. The second kappa shape index (κ2) is 10.1. The quantitative estimate of drug-likeness (QED) is 0.567. The molecule has 33 heavy (non-hydrogen) atoms. The molecular formula is C25H33N5O3. The van der Waals surface area contributed by atoms with Crippen molar-refractivity contribution in [1.29, 1.82) is 0 Å². The van der Waals surface area contributed by atoms with Gasteiger partial charge in [-0.15, -0.1) is 0 Å². The average Bonchev–Trinajstić information content (AvgIpc) is 3.48. The van der Waals surface area contributed by atoms with Crippen molar-refractivity contribution < 1.29 is 9.47 Å². The molecule has 8 heteroatoms. The molecule has 5 rings (SSSR count). The van der Waals surface area contributed by atoms with Gasteiger partial charge < -0.3 is 9.47 Å². The largest absolute Gasteiger partial charge is 0.492 e. The van der Waals surface area contributed by atoms with Gasteiger partial charge in [-0.3, -0.25) is 19.5 Å². The van der Waals surface area contributed by atoms with Crippen LogP contribution >= 0.6 is 0 Å². The monoisotopic (exact) mass is 451 g/mol. The first-order valence-corrected chi connectivity index (χ1v) is 12.2. The summed E-state index contributed by atoms with van der Waals surface area (Å²) >= 11 is 0. The van der Waals surface area contributed by atoms with Gasteiger partial charge in [0.25, 0.3) is 5.56 Å². The van der Waals surface area contributed by atoms with Gasteiger partial charge in [0.15, 0.2) is 5.82 Å². The van der Waals surface area contributed by atoms with E-state index in [1.807, 2.05) is 24.3 Å². The highest BCUT2D eigenvalue weighted by Crippen LogP contribution is 2.33. The molecule has 0 spiro atoms. The molecule has 8 nitrogen and oxygen atoms in total. The fourth-order valence-electron chi connectivity index (χ4n) is 4.97. The Morgan fingerprint density at radius 3 is 2.79 bits per heavy atom. The Labute approximate surface area is 194 Å². The van der Waals surface area contributed by atoms with E-state index in [-0.39, 0.29) is 5.56 Å². The van der Waals surface area contributed by atoms with Crippen molar-refractivity contribution in [3.63, 3.8) is 0 Å². The predicted molar refractivity (Wildman–Crippen MR) is 126 cm³/mol. The predicted octanol–water partition coefficient (Wildman–Crippen LogP) is 3.05. The molecule has 3 aliphatic heterocycles. The number of H-pyrrole nitrogens is 1. The van der Waals surface area contributed by atoms with Gasteiger partial charge in [-0.1, -0.05) is 31.9 Å².